The van der Waals surface area contributed by atoms with Gasteiger partial charge in [-0.1, -0.05) is 31.0 Å². The van der Waals surface area contributed by atoms with Crippen LogP contribution < -0.4 is 4.74 Å². The zero-order chi connectivity index (χ0) is 15.1. The van der Waals surface area contributed by atoms with Gasteiger partial charge in [-0.2, -0.15) is 0 Å². The second kappa shape index (κ2) is 7.55. The summed E-state index contributed by atoms with van der Waals surface area (Å²) in [5.74, 6) is -1.95. The Hall–Kier alpha value is -2.01. The highest BCUT2D eigenvalue weighted by molar-refractivity contribution is 6.32. The van der Waals surface area contributed by atoms with Crippen molar-refractivity contribution in [2.24, 2.45) is 0 Å². The second-order valence-electron chi connectivity index (χ2n) is 4.06. The van der Waals surface area contributed by atoms with E-state index in [2.05, 4.69) is 0 Å². The van der Waals surface area contributed by atoms with E-state index in [1.165, 1.54) is 6.08 Å². The first-order valence-corrected chi connectivity index (χ1v) is 6.42. The van der Waals surface area contributed by atoms with E-state index >= 15 is 0 Å². The predicted octanol–water partition coefficient (Wildman–Crippen LogP) is 3.07. The van der Waals surface area contributed by atoms with E-state index < -0.39 is 18.0 Å². The molecule has 2 N–H and O–H groups in total. The molecule has 1 atom stereocenters. The van der Waals surface area contributed by atoms with E-state index in [9.17, 15) is 9.59 Å². The average Bonchev–Trinajstić information content (AvgIpc) is 2.37. The van der Waals surface area contributed by atoms with Gasteiger partial charge < -0.3 is 14.9 Å². The molecular weight excluding hydrogens is 284 g/mol. The molecule has 1 rings (SSSR count). The van der Waals surface area contributed by atoms with Crippen LogP contribution in [0.15, 0.2) is 24.3 Å². The Labute approximate surface area is 121 Å². The Kier molecular flexibility index (Phi) is 6.06. The fourth-order valence-electron chi connectivity index (χ4n) is 1.58. The maximum Gasteiger partial charge on any atom is 0.344 e. The van der Waals surface area contributed by atoms with Gasteiger partial charge in [0.1, 0.15) is 5.75 Å². The molecule has 0 aliphatic carbocycles. The summed E-state index contributed by atoms with van der Waals surface area (Å²) in [4.78, 5) is 21.6. The minimum atomic E-state index is -1.13. The molecule has 0 aliphatic heterocycles. The maximum absolute atomic E-state index is 11.1. The van der Waals surface area contributed by atoms with Crippen molar-refractivity contribution in [3.63, 3.8) is 0 Å². The molecule has 0 saturated carbocycles. The van der Waals surface area contributed by atoms with Crippen molar-refractivity contribution in [2.75, 3.05) is 0 Å². The molecule has 6 heteroatoms. The molecular formula is C14H15ClO5. The monoisotopic (exact) mass is 298 g/mol. The lowest BCUT2D eigenvalue weighted by atomic mass is 10.1. The number of ether oxygens (including phenoxy) is 1. The van der Waals surface area contributed by atoms with Crippen molar-refractivity contribution in [3.8, 4) is 5.75 Å². The molecule has 1 aromatic carbocycles. The van der Waals surface area contributed by atoms with Crippen molar-refractivity contribution >= 4 is 29.6 Å². The topological polar surface area (TPSA) is 83.8 Å². The van der Waals surface area contributed by atoms with Gasteiger partial charge in [0.25, 0.3) is 0 Å². The zero-order valence-electron chi connectivity index (χ0n) is 10.9. The second-order valence-corrected chi connectivity index (χ2v) is 4.46. The van der Waals surface area contributed by atoms with Gasteiger partial charge in [-0.25, -0.2) is 9.59 Å². The van der Waals surface area contributed by atoms with E-state index in [1.54, 1.807) is 18.2 Å². The van der Waals surface area contributed by atoms with Crippen LogP contribution in [0.25, 0.3) is 6.08 Å². The van der Waals surface area contributed by atoms with Gasteiger partial charge in [-0.05, 0) is 24.6 Å². The van der Waals surface area contributed by atoms with Gasteiger partial charge in [0.15, 0.2) is 6.10 Å². The highest BCUT2D eigenvalue weighted by atomic mass is 35.5. The van der Waals surface area contributed by atoms with Crippen LogP contribution in [0.2, 0.25) is 5.02 Å². The van der Waals surface area contributed by atoms with Gasteiger partial charge >= 0.3 is 11.9 Å². The number of hydrogen-bond acceptors (Lipinski definition) is 3. The molecule has 0 spiro atoms. The summed E-state index contributed by atoms with van der Waals surface area (Å²) in [5, 5.41) is 18.0. The van der Waals surface area contributed by atoms with Crippen LogP contribution in [0, 0.1) is 0 Å². The van der Waals surface area contributed by atoms with Crippen LogP contribution in [-0.4, -0.2) is 28.3 Å². The summed E-state index contributed by atoms with van der Waals surface area (Å²) in [6, 6.07) is 4.74. The molecule has 0 saturated heterocycles. The summed E-state index contributed by atoms with van der Waals surface area (Å²) in [7, 11) is 0. The molecule has 1 unspecified atom stereocenters. The fourth-order valence-corrected chi connectivity index (χ4v) is 1.81. The standard InChI is InChI=1S/C14H15ClO5/c1-2-4-12(14(18)19)20-11-6-3-5-10(15)9(11)7-8-13(16)17/h3,5-8,12H,2,4H2,1H3,(H,16,17)(H,18,19)/b8-7+. The first kappa shape index (κ1) is 16.0. The molecule has 5 nitrogen and oxygen atoms in total. The van der Waals surface area contributed by atoms with Crippen molar-refractivity contribution in [3.05, 3.63) is 34.9 Å². The third-order valence-corrected chi connectivity index (χ3v) is 2.83. The fraction of sp³-hybridized carbons (Fsp3) is 0.286. The third kappa shape index (κ3) is 4.59. The Morgan fingerprint density at radius 1 is 1.40 bits per heavy atom. The Morgan fingerprint density at radius 3 is 2.65 bits per heavy atom. The SMILES string of the molecule is CCCC(Oc1cccc(Cl)c1/C=C/C(=O)O)C(=O)O. The number of carboxylic acids is 2. The van der Waals surface area contributed by atoms with Crippen molar-refractivity contribution < 1.29 is 24.5 Å². The molecule has 108 valence electrons. The third-order valence-electron chi connectivity index (χ3n) is 2.50. The number of rotatable bonds is 7. The number of carbonyl (C=O) groups is 2. The smallest absolute Gasteiger partial charge is 0.344 e. The molecule has 1 aromatic rings. The number of benzene rings is 1. The molecule has 0 fully saturated rings. The van der Waals surface area contributed by atoms with E-state index in [0.717, 1.165) is 6.08 Å². The average molecular weight is 299 g/mol. The zero-order valence-corrected chi connectivity index (χ0v) is 11.6. The van der Waals surface area contributed by atoms with E-state index in [1.807, 2.05) is 6.92 Å². The summed E-state index contributed by atoms with van der Waals surface area (Å²) < 4.78 is 5.43. The molecule has 0 amide bonds. The summed E-state index contributed by atoms with van der Waals surface area (Å²) in [6.45, 7) is 1.85. The molecule has 0 radical (unpaired) electrons. The van der Waals surface area contributed by atoms with E-state index in [-0.39, 0.29) is 5.75 Å². The summed E-state index contributed by atoms with van der Waals surface area (Å²) in [5.41, 5.74) is 0.346. The Balaban J connectivity index is 3.07. The minimum Gasteiger partial charge on any atom is -0.479 e. The number of carboxylic acid groups (broad SMARTS) is 2. The van der Waals surface area contributed by atoms with Crippen molar-refractivity contribution in [2.45, 2.75) is 25.9 Å². The van der Waals surface area contributed by atoms with Crippen molar-refractivity contribution in [1.29, 1.82) is 0 Å². The predicted molar refractivity (Wildman–Crippen MR) is 75.1 cm³/mol. The molecule has 0 heterocycles. The first-order valence-electron chi connectivity index (χ1n) is 6.04. The highest BCUT2D eigenvalue weighted by Crippen LogP contribution is 2.29. The van der Waals surface area contributed by atoms with Crippen LogP contribution in [0.1, 0.15) is 25.3 Å². The lowest BCUT2D eigenvalue weighted by Crippen LogP contribution is -2.27. The normalized spacial score (nSPS) is 12.3. The van der Waals surface area contributed by atoms with Crippen LogP contribution >= 0.6 is 11.6 Å². The number of aliphatic carboxylic acids is 2. The van der Waals surface area contributed by atoms with Gasteiger partial charge in [0.05, 0.1) is 5.02 Å². The minimum absolute atomic E-state index is 0.246. The summed E-state index contributed by atoms with van der Waals surface area (Å²) in [6.07, 6.45) is 2.21. The van der Waals surface area contributed by atoms with Crippen LogP contribution in [0.4, 0.5) is 0 Å². The largest absolute Gasteiger partial charge is 0.479 e. The quantitative estimate of drug-likeness (QED) is 0.756. The lowest BCUT2D eigenvalue weighted by molar-refractivity contribution is -0.145. The Bertz CT molecular complexity index is 524. The number of hydrogen-bond donors (Lipinski definition) is 2. The Morgan fingerprint density at radius 2 is 2.10 bits per heavy atom. The molecule has 0 bridgehead atoms. The first-order chi connectivity index (χ1) is 9.45. The molecule has 0 aliphatic rings. The van der Waals surface area contributed by atoms with Gasteiger partial charge in [-0.3, -0.25) is 0 Å². The van der Waals surface area contributed by atoms with Gasteiger partial charge in [0.2, 0.25) is 0 Å². The maximum atomic E-state index is 11.1. The van der Waals surface area contributed by atoms with Crippen LogP contribution in [-0.2, 0) is 9.59 Å². The van der Waals surface area contributed by atoms with Crippen molar-refractivity contribution in [1.82, 2.24) is 0 Å². The van der Waals surface area contributed by atoms with Gasteiger partial charge in [0, 0.05) is 11.6 Å². The van der Waals surface area contributed by atoms with E-state index in [0.29, 0.717) is 23.4 Å². The van der Waals surface area contributed by atoms with Crippen LogP contribution in [0.3, 0.4) is 0 Å². The lowest BCUT2D eigenvalue weighted by Gasteiger charge is -2.16. The van der Waals surface area contributed by atoms with Crippen LogP contribution in [0.5, 0.6) is 5.75 Å². The van der Waals surface area contributed by atoms with Gasteiger partial charge in [-0.15, -0.1) is 0 Å². The number of halogens is 1. The molecule has 20 heavy (non-hydrogen) atoms. The summed E-state index contributed by atoms with van der Waals surface area (Å²) >= 11 is 5.98. The molecule has 0 aromatic heterocycles. The van der Waals surface area contributed by atoms with E-state index in [4.69, 9.17) is 26.6 Å². The highest BCUT2D eigenvalue weighted by Gasteiger charge is 2.19.